The zero-order valence-corrected chi connectivity index (χ0v) is 8.30. The molecule has 1 unspecified atom stereocenters. The van der Waals surface area contributed by atoms with Gasteiger partial charge in [0.1, 0.15) is 0 Å². The summed E-state index contributed by atoms with van der Waals surface area (Å²) >= 11 is 0. The third-order valence-electron chi connectivity index (χ3n) is 2.03. The van der Waals surface area contributed by atoms with Gasteiger partial charge in [-0.2, -0.15) is 0 Å². The van der Waals surface area contributed by atoms with Gasteiger partial charge in [-0.25, -0.2) is 0 Å². The fraction of sp³-hybridized carbons (Fsp3) is 0.889. The van der Waals surface area contributed by atoms with E-state index in [-0.39, 0.29) is 17.9 Å². The molecule has 13 heavy (non-hydrogen) atoms. The van der Waals surface area contributed by atoms with Crippen molar-refractivity contribution in [2.45, 2.75) is 20.0 Å². The molecule has 0 radical (unpaired) electrons. The average molecular weight is 186 g/mol. The molecule has 0 saturated carbocycles. The van der Waals surface area contributed by atoms with E-state index in [4.69, 9.17) is 4.74 Å². The van der Waals surface area contributed by atoms with Crippen LogP contribution in [-0.2, 0) is 9.53 Å². The Bertz CT molecular complexity index is 165. The van der Waals surface area contributed by atoms with Gasteiger partial charge in [0.05, 0.1) is 12.7 Å². The zero-order valence-electron chi connectivity index (χ0n) is 8.30. The molecule has 0 aliphatic carbocycles. The molecule has 1 aliphatic heterocycles. The minimum atomic E-state index is 0.0524. The highest BCUT2D eigenvalue weighted by atomic mass is 16.5. The van der Waals surface area contributed by atoms with E-state index in [1.807, 2.05) is 13.8 Å². The number of morpholine rings is 1. The topological polar surface area (TPSA) is 50.4 Å². The third kappa shape index (κ3) is 3.74. The summed E-state index contributed by atoms with van der Waals surface area (Å²) in [5, 5.41) is 6.06. The lowest BCUT2D eigenvalue weighted by atomic mass is 10.2. The van der Waals surface area contributed by atoms with Gasteiger partial charge in [-0.1, -0.05) is 13.8 Å². The van der Waals surface area contributed by atoms with Crippen molar-refractivity contribution in [2.75, 3.05) is 26.2 Å². The normalized spacial score (nSPS) is 23.2. The summed E-state index contributed by atoms with van der Waals surface area (Å²) in [5.41, 5.74) is 0. The molecule has 0 bridgehead atoms. The summed E-state index contributed by atoms with van der Waals surface area (Å²) < 4.78 is 5.43. The monoisotopic (exact) mass is 186 g/mol. The van der Waals surface area contributed by atoms with Crippen LogP contribution >= 0.6 is 0 Å². The molecule has 0 aromatic carbocycles. The van der Waals surface area contributed by atoms with Gasteiger partial charge in [-0.3, -0.25) is 4.79 Å². The quantitative estimate of drug-likeness (QED) is 0.639. The van der Waals surface area contributed by atoms with E-state index in [0.717, 1.165) is 19.7 Å². The first kappa shape index (κ1) is 10.5. The van der Waals surface area contributed by atoms with Crippen molar-refractivity contribution >= 4 is 5.91 Å². The summed E-state index contributed by atoms with van der Waals surface area (Å²) in [6.45, 7) is 6.86. The lowest BCUT2D eigenvalue weighted by molar-refractivity contribution is -0.124. The summed E-state index contributed by atoms with van der Waals surface area (Å²) in [5.74, 6) is 0.144. The molecule has 1 atom stereocenters. The van der Waals surface area contributed by atoms with Crippen LogP contribution in [0.1, 0.15) is 13.8 Å². The van der Waals surface area contributed by atoms with Crippen LogP contribution in [0, 0.1) is 5.92 Å². The highest BCUT2D eigenvalue weighted by Crippen LogP contribution is 1.95. The minimum absolute atomic E-state index is 0.0524. The molecule has 0 aromatic heterocycles. The van der Waals surface area contributed by atoms with E-state index >= 15 is 0 Å². The predicted octanol–water partition coefficient (Wildman–Crippen LogP) is -0.253. The summed E-state index contributed by atoms with van der Waals surface area (Å²) in [4.78, 5) is 11.2. The average Bonchev–Trinajstić information content (AvgIpc) is 2.15. The van der Waals surface area contributed by atoms with Gasteiger partial charge in [-0.15, -0.1) is 0 Å². The van der Waals surface area contributed by atoms with Gasteiger partial charge in [-0.05, 0) is 0 Å². The van der Waals surface area contributed by atoms with E-state index in [1.54, 1.807) is 0 Å². The molecular weight excluding hydrogens is 168 g/mol. The Morgan fingerprint density at radius 2 is 2.46 bits per heavy atom. The lowest BCUT2D eigenvalue weighted by Crippen LogP contribution is -2.45. The van der Waals surface area contributed by atoms with Crippen molar-refractivity contribution in [3.63, 3.8) is 0 Å². The fourth-order valence-corrected chi connectivity index (χ4v) is 1.17. The van der Waals surface area contributed by atoms with Crippen molar-refractivity contribution in [1.82, 2.24) is 10.6 Å². The number of carbonyl (C=O) groups is 1. The number of rotatable bonds is 3. The Labute approximate surface area is 79.0 Å². The van der Waals surface area contributed by atoms with Crippen LogP contribution in [0.4, 0.5) is 0 Å². The van der Waals surface area contributed by atoms with Gasteiger partial charge in [0.2, 0.25) is 5.91 Å². The molecular formula is C9H18N2O2. The smallest absolute Gasteiger partial charge is 0.222 e. The van der Waals surface area contributed by atoms with E-state index in [1.165, 1.54) is 0 Å². The van der Waals surface area contributed by atoms with E-state index in [2.05, 4.69) is 10.6 Å². The molecule has 1 heterocycles. The Kier molecular flexibility index (Phi) is 4.18. The van der Waals surface area contributed by atoms with Crippen LogP contribution in [0.2, 0.25) is 0 Å². The first-order valence-electron chi connectivity index (χ1n) is 4.80. The molecule has 1 rings (SSSR count). The highest BCUT2D eigenvalue weighted by Gasteiger charge is 2.14. The molecule has 0 aromatic rings. The second kappa shape index (κ2) is 5.19. The molecule has 1 aliphatic rings. The van der Waals surface area contributed by atoms with Crippen molar-refractivity contribution < 1.29 is 9.53 Å². The van der Waals surface area contributed by atoms with Crippen molar-refractivity contribution in [3.05, 3.63) is 0 Å². The Hall–Kier alpha value is -0.610. The molecule has 1 saturated heterocycles. The van der Waals surface area contributed by atoms with Crippen LogP contribution in [0.3, 0.4) is 0 Å². The van der Waals surface area contributed by atoms with Gasteiger partial charge in [0, 0.05) is 25.6 Å². The Balaban J connectivity index is 2.13. The molecule has 2 N–H and O–H groups in total. The third-order valence-corrected chi connectivity index (χ3v) is 2.03. The SMILES string of the molecule is CC(C)C(=O)NCC1CNCCO1. The van der Waals surface area contributed by atoms with Crippen LogP contribution in [-0.4, -0.2) is 38.3 Å². The van der Waals surface area contributed by atoms with Crippen LogP contribution in [0.5, 0.6) is 0 Å². The number of ether oxygens (including phenoxy) is 1. The first-order valence-corrected chi connectivity index (χ1v) is 4.80. The van der Waals surface area contributed by atoms with E-state index < -0.39 is 0 Å². The van der Waals surface area contributed by atoms with Crippen LogP contribution in [0.25, 0.3) is 0 Å². The van der Waals surface area contributed by atoms with E-state index in [0.29, 0.717) is 6.54 Å². The molecule has 1 amide bonds. The number of nitrogens with one attached hydrogen (secondary N) is 2. The Morgan fingerprint density at radius 3 is 3.00 bits per heavy atom. The molecule has 4 heteroatoms. The largest absolute Gasteiger partial charge is 0.374 e. The molecule has 76 valence electrons. The second-order valence-electron chi connectivity index (χ2n) is 3.60. The van der Waals surface area contributed by atoms with Gasteiger partial charge >= 0.3 is 0 Å². The van der Waals surface area contributed by atoms with Gasteiger partial charge in [0.15, 0.2) is 0 Å². The number of amides is 1. The summed E-state index contributed by atoms with van der Waals surface area (Å²) in [6, 6.07) is 0. The summed E-state index contributed by atoms with van der Waals surface area (Å²) in [6.07, 6.45) is 0.136. The van der Waals surface area contributed by atoms with E-state index in [9.17, 15) is 4.79 Å². The lowest BCUT2D eigenvalue weighted by Gasteiger charge is -2.24. The van der Waals surface area contributed by atoms with Crippen molar-refractivity contribution in [3.8, 4) is 0 Å². The van der Waals surface area contributed by atoms with Crippen molar-refractivity contribution in [1.29, 1.82) is 0 Å². The molecule has 1 fully saturated rings. The number of hydrogen-bond donors (Lipinski definition) is 2. The maximum Gasteiger partial charge on any atom is 0.222 e. The summed E-state index contributed by atoms with van der Waals surface area (Å²) in [7, 11) is 0. The number of carbonyl (C=O) groups excluding carboxylic acids is 1. The first-order chi connectivity index (χ1) is 6.20. The number of hydrogen-bond acceptors (Lipinski definition) is 3. The second-order valence-corrected chi connectivity index (χ2v) is 3.60. The van der Waals surface area contributed by atoms with Gasteiger partial charge < -0.3 is 15.4 Å². The van der Waals surface area contributed by atoms with Gasteiger partial charge in [0.25, 0.3) is 0 Å². The zero-order chi connectivity index (χ0) is 9.68. The maximum absolute atomic E-state index is 11.2. The molecule has 0 spiro atoms. The maximum atomic E-state index is 11.2. The van der Waals surface area contributed by atoms with Crippen LogP contribution in [0.15, 0.2) is 0 Å². The van der Waals surface area contributed by atoms with Crippen molar-refractivity contribution in [2.24, 2.45) is 5.92 Å². The van der Waals surface area contributed by atoms with Crippen LogP contribution < -0.4 is 10.6 Å². The predicted molar refractivity (Wildman–Crippen MR) is 50.5 cm³/mol. The molecule has 4 nitrogen and oxygen atoms in total. The highest BCUT2D eigenvalue weighted by molar-refractivity contribution is 5.77. The minimum Gasteiger partial charge on any atom is -0.374 e. The Morgan fingerprint density at radius 1 is 1.69 bits per heavy atom. The fourth-order valence-electron chi connectivity index (χ4n) is 1.17. The standard InChI is InChI=1S/C9H18N2O2/c1-7(2)9(12)11-6-8-5-10-3-4-13-8/h7-8,10H,3-6H2,1-2H3,(H,11,12).